The third-order valence-corrected chi connectivity index (χ3v) is 7.04. The summed E-state index contributed by atoms with van der Waals surface area (Å²) in [5.41, 5.74) is 3.72. The lowest BCUT2D eigenvalue weighted by Crippen LogP contribution is -2.36. The van der Waals surface area contributed by atoms with Gasteiger partial charge in [0.15, 0.2) is 5.69 Å². The van der Waals surface area contributed by atoms with Gasteiger partial charge >= 0.3 is 0 Å². The molecule has 202 valence electrons. The van der Waals surface area contributed by atoms with Crippen LogP contribution in [0.2, 0.25) is 0 Å². The topological polar surface area (TPSA) is 80.6 Å². The highest BCUT2D eigenvalue weighted by atomic mass is 16.5. The van der Waals surface area contributed by atoms with Gasteiger partial charge in [0.2, 0.25) is 5.91 Å². The molecule has 3 aromatic rings. The fourth-order valence-corrected chi connectivity index (χ4v) is 4.95. The summed E-state index contributed by atoms with van der Waals surface area (Å²) in [5, 5.41) is 8.59. The second kappa shape index (κ2) is 12.7. The van der Waals surface area contributed by atoms with E-state index in [4.69, 9.17) is 4.74 Å². The van der Waals surface area contributed by atoms with E-state index in [-0.39, 0.29) is 17.7 Å². The van der Waals surface area contributed by atoms with Crippen LogP contribution in [0.3, 0.4) is 0 Å². The molecule has 0 saturated carbocycles. The van der Waals surface area contributed by atoms with Crippen LogP contribution in [0.15, 0.2) is 48.5 Å². The molecular formula is C30H39N5O3. The number of fused-ring (bicyclic) bond motifs is 1. The molecule has 0 saturated heterocycles. The normalized spacial score (nSPS) is 15.0. The third kappa shape index (κ3) is 6.41. The van der Waals surface area contributed by atoms with Crippen LogP contribution >= 0.6 is 0 Å². The Labute approximate surface area is 225 Å². The number of hydrogen-bond acceptors (Lipinski definition) is 5. The van der Waals surface area contributed by atoms with Crippen LogP contribution < -0.4 is 9.64 Å². The number of carbonyl (C=O) groups excluding carboxylic acids is 2. The first kappa shape index (κ1) is 27.4. The van der Waals surface area contributed by atoms with Crippen LogP contribution in [0.25, 0.3) is 5.69 Å². The Hall–Kier alpha value is -3.68. The summed E-state index contributed by atoms with van der Waals surface area (Å²) in [6.07, 6.45) is 5.61. The lowest BCUT2D eigenvalue weighted by Gasteiger charge is -2.29. The number of rotatable bonds is 5. The van der Waals surface area contributed by atoms with E-state index in [9.17, 15) is 9.59 Å². The van der Waals surface area contributed by atoms with E-state index in [0.29, 0.717) is 37.4 Å². The van der Waals surface area contributed by atoms with E-state index >= 15 is 0 Å². The van der Waals surface area contributed by atoms with Gasteiger partial charge in [-0.1, -0.05) is 56.5 Å². The van der Waals surface area contributed by atoms with Gasteiger partial charge < -0.3 is 14.5 Å². The molecule has 2 aromatic carbocycles. The summed E-state index contributed by atoms with van der Waals surface area (Å²) in [5.74, 6) is 1.03. The first-order chi connectivity index (χ1) is 18.4. The first-order valence-electron chi connectivity index (χ1n) is 13.6. The second-order valence-corrected chi connectivity index (χ2v) is 10.4. The van der Waals surface area contributed by atoms with Crippen molar-refractivity contribution in [2.24, 2.45) is 5.92 Å². The van der Waals surface area contributed by atoms with Crippen molar-refractivity contribution in [3.05, 3.63) is 65.5 Å². The smallest absolute Gasteiger partial charge is 0.276 e. The molecule has 0 atom stereocenters. The molecule has 0 N–H and O–H groups in total. The molecule has 0 aliphatic carbocycles. The SMILES string of the molecule is COc1ccc(-n2nnc(C(=O)N3CCCCCCCN(C(=O)CC(C)C)c4ccccc4C3)c2C)cc1. The highest BCUT2D eigenvalue weighted by Crippen LogP contribution is 2.27. The molecule has 2 amide bonds. The van der Waals surface area contributed by atoms with Crippen molar-refractivity contribution in [2.45, 2.75) is 65.8 Å². The number of para-hydroxylation sites is 1. The lowest BCUT2D eigenvalue weighted by molar-refractivity contribution is -0.119. The maximum atomic E-state index is 13.9. The van der Waals surface area contributed by atoms with Crippen LogP contribution in [0, 0.1) is 12.8 Å². The van der Waals surface area contributed by atoms with Crippen LogP contribution in [0.1, 0.15) is 74.1 Å². The minimum atomic E-state index is -0.144. The van der Waals surface area contributed by atoms with Gasteiger partial charge in [-0.05, 0) is 61.6 Å². The molecule has 0 fully saturated rings. The number of nitrogens with zero attached hydrogens (tertiary/aromatic N) is 5. The average Bonchev–Trinajstić information content (AvgIpc) is 3.29. The summed E-state index contributed by atoms with van der Waals surface area (Å²) >= 11 is 0. The van der Waals surface area contributed by atoms with Crippen molar-refractivity contribution < 1.29 is 14.3 Å². The summed E-state index contributed by atoms with van der Waals surface area (Å²) in [7, 11) is 1.63. The molecule has 4 rings (SSSR count). The van der Waals surface area contributed by atoms with E-state index in [2.05, 4.69) is 24.2 Å². The van der Waals surface area contributed by atoms with E-state index in [1.807, 2.05) is 65.3 Å². The number of hydrogen-bond donors (Lipinski definition) is 0. The predicted octanol–water partition coefficient (Wildman–Crippen LogP) is 5.57. The van der Waals surface area contributed by atoms with E-state index in [1.165, 1.54) is 0 Å². The molecule has 0 bridgehead atoms. The van der Waals surface area contributed by atoms with Crippen LogP contribution in [0.5, 0.6) is 5.75 Å². The van der Waals surface area contributed by atoms with Crippen LogP contribution in [0.4, 0.5) is 5.69 Å². The van der Waals surface area contributed by atoms with Crippen molar-refractivity contribution in [2.75, 3.05) is 25.1 Å². The molecule has 0 radical (unpaired) electrons. The minimum absolute atomic E-state index is 0.140. The van der Waals surface area contributed by atoms with Gasteiger partial charge in [0.1, 0.15) is 5.75 Å². The maximum absolute atomic E-state index is 13.9. The van der Waals surface area contributed by atoms with Gasteiger partial charge in [-0.3, -0.25) is 9.59 Å². The summed E-state index contributed by atoms with van der Waals surface area (Å²) < 4.78 is 6.94. The first-order valence-corrected chi connectivity index (χ1v) is 13.6. The van der Waals surface area contributed by atoms with E-state index < -0.39 is 0 Å². The number of ether oxygens (including phenoxy) is 1. The molecule has 8 heteroatoms. The Kier molecular flexibility index (Phi) is 9.15. The van der Waals surface area contributed by atoms with Gasteiger partial charge in [0.05, 0.1) is 18.5 Å². The average molecular weight is 518 g/mol. The number of methoxy groups -OCH3 is 1. The molecule has 1 aliphatic rings. The molecule has 1 aliphatic heterocycles. The number of amides is 2. The largest absolute Gasteiger partial charge is 0.497 e. The summed E-state index contributed by atoms with van der Waals surface area (Å²) in [6, 6.07) is 15.5. The highest BCUT2D eigenvalue weighted by Gasteiger charge is 2.26. The Bertz CT molecular complexity index is 1230. The quantitative estimate of drug-likeness (QED) is 0.442. The molecule has 0 unspecified atom stereocenters. The minimum Gasteiger partial charge on any atom is -0.497 e. The Morgan fingerprint density at radius 2 is 1.63 bits per heavy atom. The van der Waals surface area contributed by atoms with Crippen molar-refractivity contribution in [3.63, 3.8) is 0 Å². The van der Waals surface area contributed by atoms with Crippen molar-refractivity contribution in [1.82, 2.24) is 19.9 Å². The fourth-order valence-electron chi connectivity index (χ4n) is 4.95. The van der Waals surface area contributed by atoms with Gasteiger partial charge in [-0.2, -0.15) is 0 Å². The summed E-state index contributed by atoms with van der Waals surface area (Å²) in [4.78, 5) is 30.9. The van der Waals surface area contributed by atoms with Crippen molar-refractivity contribution >= 4 is 17.5 Å². The molecule has 8 nitrogen and oxygen atoms in total. The molecular weight excluding hydrogens is 478 g/mol. The van der Waals surface area contributed by atoms with Crippen LogP contribution in [-0.4, -0.2) is 51.9 Å². The molecule has 0 spiro atoms. The van der Waals surface area contributed by atoms with E-state index in [1.54, 1.807) is 11.8 Å². The summed E-state index contributed by atoms with van der Waals surface area (Å²) in [6.45, 7) is 7.75. The molecule has 1 aromatic heterocycles. The zero-order valence-corrected chi connectivity index (χ0v) is 23.0. The molecule has 38 heavy (non-hydrogen) atoms. The maximum Gasteiger partial charge on any atom is 0.276 e. The Morgan fingerprint density at radius 1 is 0.947 bits per heavy atom. The third-order valence-electron chi connectivity index (χ3n) is 7.04. The second-order valence-electron chi connectivity index (χ2n) is 10.4. The Morgan fingerprint density at radius 3 is 2.34 bits per heavy atom. The van der Waals surface area contributed by atoms with Crippen molar-refractivity contribution in [3.8, 4) is 11.4 Å². The lowest BCUT2D eigenvalue weighted by atomic mass is 10.0. The predicted molar refractivity (Wildman–Crippen MR) is 149 cm³/mol. The standard InChI is InChI=1S/C30H39N5O3/c1-22(2)20-28(36)34-19-11-7-5-6-10-18-33(21-24-12-8-9-13-27(24)34)30(37)29-23(3)35(32-31-29)25-14-16-26(38-4)17-15-25/h8-9,12-17,22H,5-7,10-11,18-21H2,1-4H3. The zero-order valence-electron chi connectivity index (χ0n) is 23.0. The monoisotopic (exact) mass is 517 g/mol. The van der Waals surface area contributed by atoms with Crippen LogP contribution in [-0.2, 0) is 11.3 Å². The van der Waals surface area contributed by atoms with E-state index in [0.717, 1.165) is 54.8 Å². The van der Waals surface area contributed by atoms with Gasteiger partial charge in [-0.25, -0.2) is 4.68 Å². The number of anilines is 1. The fraction of sp³-hybridized carbons (Fsp3) is 0.467. The number of benzene rings is 2. The zero-order chi connectivity index (χ0) is 27.1. The molecule has 2 heterocycles. The van der Waals surface area contributed by atoms with Gasteiger partial charge in [-0.15, -0.1) is 5.10 Å². The van der Waals surface area contributed by atoms with Crippen molar-refractivity contribution in [1.29, 1.82) is 0 Å². The number of carbonyl (C=O) groups is 2. The Balaban J connectivity index is 1.64. The highest BCUT2D eigenvalue weighted by molar-refractivity contribution is 5.95. The number of aromatic nitrogens is 3. The van der Waals surface area contributed by atoms with Gasteiger partial charge in [0.25, 0.3) is 5.91 Å². The van der Waals surface area contributed by atoms with Gasteiger partial charge in [0, 0.05) is 31.7 Å².